The molecule has 0 radical (unpaired) electrons. The first-order valence-electron chi connectivity index (χ1n) is 5.07. The number of hydrogen-bond acceptors (Lipinski definition) is 1. The Morgan fingerprint density at radius 3 is 2.15 bits per heavy atom. The first kappa shape index (κ1) is 12.3. The summed E-state index contributed by atoms with van der Waals surface area (Å²) in [7, 11) is 0. The minimum atomic E-state index is 0.339. The fourth-order valence-corrected chi connectivity index (χ4v) is 1.22. The third kappa shape index (κ3) is 5.50. The van der Waals surface area contributed by atoms with E-state index in [0.717, 1.165) is 6.42 Å². The summed E-state index contributed by atoms with van der Waals surface area (Å²) in [6.45, 7) is 10.6. The number of guanidine groups is 1. The number of nitrogens with zero attached hydrogens (tertiary/aromatic N) is 1. The van der Waals surface area contributed by atoms with Gasteiger partial charge in [-0.1, -0.05) is 20.8 Å². The molecule has 0 aromatic rings. The van der Waals surface area contributed by atoms with Crippen LogP contribution in [0, 0.1) is 5.92 Å². The SMILES string of the molecule is CCC(N=C(N)NC(C)C)C(C)C. The zero-order valence-electron chi connectivity index (χ0n) is 9.46. The molecule has 0 aromatic carbocycles. The lowest BCUT2D eigenvalue weighted by atomic mass is 10.0. The van der Waals surface area contributed by atoms with Crippen LogP contribution in [0.5, 0.6) is 0 Å². The van der Waals surface area contributed by atoms with Crippen LogP contribution in [0.3, 0.4) is 0 Å². The molecule has 0 aliphatic rings. The van der Waals surface area contributed by atoms with Gasteiger partial charge in [0.2, 0.25) is 0 Å². The summed E-state index contributed by atoms with van der Waals surface area (Å²) in [6.07, 6.45) is 1.04. The van der Waals surface area contributed by atoms with Gasteiger partial charge in [-0.2, -0.15) is 0 Å². The van der Waals surface area contributed by atoms with Crippen molar-refractivity contribution in [3.05, 3.63) is 0 Å². The molecule has 1 unspecified atom stereocenters. The Labute approximate surface area is 81.8 Å². The molecule has 0 fully saturated rings. The Kier molecular flexibility index (Phi) is 5.51. The molecule has 3 N–H and O–H groups in total. The summed E-state index contributed by atoms with van der Waals surface area (Å²) in [5, 5.41) is 3.09. The van der Waals surface area contributed by atoms with Crippen molar-refractivity contribution < 1.29 is 0 Å². The molecule has 78 valence electrons. The van der Waals surface area contributed by atoms with Crippen molar-refractivity contribution in [2.24, 2.45) is 16.6 Å². The highest BCUT2D eigenvalue weighted by Gasteiger charge is 2.09. The molecular formula is C10H23N3. The third-order valence-corrected chi connectivity index (χ3v) is 1.93. The minimum absolute atomic E-state index is 0.339. The van der Waals surface area contributed by atoms with E-state index in [4.69, 9.17) is 5.73 Å². The van der Waals surface area contributed by atoms with Gasteiger partial charge in [-0.3, -0.25) is 0 Å². The van der Waals surface area contributed by atoms with Crippen molar-refractivity contribution in [2.75, 3.05) is 0 Å². The van der Waals surface area contributed by atoms with E-state index in [2.05, 4.69) is 44.9 Å². The predicted molar refractivity (Wildman–Crippen MR) is 58.8 cm³/mol. The topological polar surface area (TPSA) is 50.4 Å². The zero-order chi connectivity index (χ0) is 10.4. The average Bonchev–Trinajstić information content (AvgIpc) is 1.98. The predicted octanol–water partition coefficient (Wildman–Crippen LogP) is 1.73. The summed E-state index contributed by atoms with van der Waals surface area (Å²) in [5.41, 5.74) is 5.73. The molecule has 0 spiro atoms. The normalized spacial score (nSPS) is 15.2. The second-order valence-corrected chi connectivity index (χ2v) is 4.03. The van der Waals surface area contributed by atoms with Gasteiger partial charge >= 0.3 is 0 Å². The van der Waals surface area contributed by atoms with Gasteiger partial charge in [-0.25, -0.2) is 4.99 Å². The van der Waals surface area contributed by atoms with Crippen LogP contribution in [0.2, 0.25) is 0 Å². The molecule has 1 atom stereocenters. The second kappa shape index (κ2) is 5.84. The van der Waals surface area contributed by atoms with Crippen molar-refractivity contribution in [1.29, 1.82) is 0 Å². The number of rotatable bonds is 4. The maximum atomic E-state index is 5.73. The number of hydrogen-bond donors (Lipinski definition) is 2. The monoisotopic (exact) mass is 185 g/mol. The highest BCUT2D eigenvalue weighted by atomic mass is 15.1. The lowest BCUT2D eigenvalue weighted by Gasteiger charge is -2.16. The standard InChI is InChI=1S/C10H23N3/c1-6-9(7(2)3)13-10(11)12-8(4)5/h7-9H,6H2,1-5H3,(H3,11,12,13). The van der Waals surface area contributed by atoms with Gasteiger partial charge in [0.15, 0.2) is 5.96 Å². The van der Waals surface area contributed by atoms with Crippen molar-refractivity contribution in [1.82, 2.24) is 5.32 Å². The second-order valence-electron chi connectivity index (χ2n) is 4.03. The highest BCUT2D eigenvalue weighted by Crippen LogP contribution is 2.09. The maximum Gasteiger partial charge on any atom is 0.189 e. The molecule has 0 aromatic heterocycles. The number of aliphatic imine (C=N–C) groups is 1. The van der Waals surface area contributed by atoms with Gasteiger partial charge in [0.1, 0.15) is 0 Å². The first-order valence-corrected chi connectivity index (χ1v) is 5.07. The smallest absolute Gasteiger partial charge is 0.189 e. The van der Waals surface area contributed by atoms with E-state index in [9.17, 15) is 0 Å². The number of nitrogens with two attached hydrogens (primary N) is 1. The summed E-state index contributed by atoms with van der Waals surface area (Å²) in [5.74, 6) is 1.12. The summed E-state index contributed by atoms with van der Waals surface area (Å²) >= 11 is 0. The van der Waals surface area contributed by atoms with E-state index in [0.29, 0.717) is 24.0 Å². The molecule has 0 rings (SSSR count). The van der Waals surface area contributed by atoms with E-state index in [-0.39, 0.29) is 0 Å². The molecule has 3 heteroatoms. The van der Waals surface area contributed by atoms with E-state index < -0.39 is 0 Å². The third-order valence-electron chi connectivity index (χ3n) is 1.93. The number of nitrogens with one attached hydrogen (secondary N) is 1. The molecule has 3 nitrogen and oxygen atoms in total. The van der Waals surface area contributed by atoms with Gasteiger partial charge in [-0.05, 0) is 26.2 Å². The lowest BCUT2D eigenvalue weighted by Crippen LogP contribution is -2.38. The van der Waals surface area contributed by atoms with Crippen LogP contribution in [0.15, 0.2) is 4.99 Å². The van der Waals surface area contributed by atoms with Crippen molar-refractivity contribution >= 4 is 5.96 Å². The van der Waals surface area contributed by atoms with Gasteiger partial charge in [0.05, 0.1) is 6.04 Å². The molecule has 0 amide bonds. The van der Waals surface area contributed by atoms with E-state index in [1.807, 2.05) is 0 Å². The molecule has 0 heterocycles. The maximum absolute atomic E-state index is 5.73. The Hall–Kier alpha value is -0.730. The largest absolute Gasteiger partial charge is 0.370 e. The van der Waals surface area contributed by atoms with E-state index in [1.54, 1.807) is 0 Å². The molecule has 0 bridgehead atoms. The highest BCUT2D eigenvalue weighted by molar-refractivity contribution is 5.78. The van der Waals surface area contributed by atoms with Crippen LogP contribution in [0.25, 0.3) is 0 Å². The van der Waals surface area contributed by atoms with E-state index in [1.165, 1.54) is 0 Å². The molecular weight excluding hydrogens is 162 g/mol. The molecule has 0 aliphatic heterocycles. The average molecular weight is 185 g/mol. The zero-order valence-corrected chi connectivity index (χ0v) is 9.46. The Bertz CT molecular complexity index is 162. The lowest BCUT2D eigenvalue weighted by molar-refractivity contribution is 0.480. The van der Waals surface area contributed by atoms with Crippen LogP contribution in [-0.4, -0.2) is 18.0 Å². The van der Waals surface area contributed by atoms with Crippen LogP contribution in [0.4, 0.5) is 0 Å². The van der Waals surface area contributed by atoms with Gasteiger partial charge < -0.3 is 11.1 Å². The van der Waals surface area contributed by atoms with E-state index >= 15 is 0 Å². The summed E-state index contributed by atoms with van der Waals surface area (Å²) in [4.78, 5) is 4.42. The van der Waals surface area contributed by atoms with Crippen LogP contribution in [-0.2, 0) is 0 Å². The molecule has 13 heavy (non-hydrogen) atoms. The Morgan fingerprint density at radius 2 is 1.85 bits per heavy atom. The van der Waals surface area contributed by atoms with Gasteiger partial charge in [0.25, 0.3) is 0 Å². The Morgan fingerprint density at radius 1 is 1.31 bits per heavy atom. The quantitative estimate of drug-likeness (QED) is 0.517. The van der Waals surface area contributed by atoms with Crippen molar-refractivity contribution in [2.45, 2.75) is 53.1 Å². The summed E-state index contributed by atoms with van der Waals surface area (Å²) < 4.78 is 0. The van der Waals surface area contributed by atoms with Crippen molar-refractivity contribution in [3.8, 4) is 0 Å². The molecule has 0 saturated heterocycles. The molecule has 0 saturated carbocycles. The minimum Gasteiger partial charge on any atom is -0.370 e. The van der Waals surface area contributed by atoms with Gasteiger partial charge in [0, 0.05) is 6.04 Å². The molecule has 0 aliphatic carbocycles. The summed E-state index contributed by atoms with van der Waals surface area (Å²) in [6, 6.07) is 0.694. The van der Waals surface area contributed by atoms with Gasteiger partial charge in [-0.15, -0.1) is 0 Å². The fraction of sp³-hybridized carbons (Fsp3) is 0.900. The fourth-order valence-electron chi connectivity index (χ4n) is 1.22. The first-order chi connectivity index (χ1) is 5.97. The van der Waals surface area contributed by atoms with Crippen LogP contribution < -0.4 is 11.1 Å². The Balaban J connectivity index is 4.16. The van der Waals surface area contributed by atoms with Crippen LogP contribution in [0.1, 0.15) is 41.0 Å². The van der Waals surface area contributed by atoms with Crippen molar-refractivity contribution in [3.63, 3.8) is 0 Å². The van der Waals surface area contributed by atoms with Crippen LogP contribution >= 0.6 is 0 Å².